The Morgan fingerprint density at radius 1 is 1.20 bits per heavy atom. The van der Waals surface area contributed by atoms with Gasteiger partial charge in [-0.3, -0.25) is 4.90 Å². The van der Waals surface area contributed by atoms with Crippen LogP contribution in [0, 0.1) is 22.7 Å². The van der Waals surface area contributed by atoms with E-state index < -0.39 is 10.0 Å². The minimum absolute atomic E-state index is 0.0882. The van der Waals surface area contributed by atoms with E-state index in [9.17, 15) is 8.42 Å². The van der Waals surface area contributed by atoms with Gasteiger partial charge in [0.05, 0.1) is 12.6 Å². The first-order valence-electron chi connectivity index (χ1n) is 6.03. The highest BCUT2D eigenvalue weighted by atomic mass is 32.2. The van der Waals surface area contributed by atoms with Crippen LogP contribution in [-0.4, -0.2) is 55.3 Å². The quantitative estimate of drug-likeness (QED) is 0.714. The van der Waals surface area contributed by atoms with Gasteiger partial charge < -0.3 is 0 Å². The Morgan fingerprint density at radius 3 is 2.40 bits per heavy atom. The van der Waals surface area contributed by atoms with Crippen LogP contribution in [0.1, 0.15) is 5.69 Å². The topological polar surface area (TPSA) is 101 Å². The van der Waals surface area contributed by atoms with Gasteiger partial charge in [0.15, 0.2) is 0 Å². The summed E-state index contributed by atoms with van der Waals surface area (Å²) in [7, 11) is -3.57. The van der Waals surface area contributed by atoms with Crippen LogP contribution in [0.2, 0.25) is 0 Å². The van der Waals surface area contributed by atoms with Crippen molar-refractivity contribution in [3.05, 3.63) is 24.0 Å². The molecule has 0 bridgehead atoms. The van der Waals surface area contributed by atoms with Gasteiger partial charge in [-0.15, -0.1) is 0 Å². The molecule has 8 heteroatoms. The SMILES string of the molecule is N#CCN1CCN(S(=O)(=O)c2ccc(C#N)nc2)CC1. The second kappa shape index (κ2) is 5.97. The molecule has 0 aliphatic carbocycles. The molecule has 7 nitrogen and oxygen atoms in total. The molecule has 1 saturated heterocycles. The minimum Gasteiger partial charge on any atom is -0.288 e. The molecule has 104 valence electrons. The smallest absolute Gasteiger partial charge is 0.244 e. The fourth-order valence-corrected chi connectivity index (χ4v) is 3.34. The van der Waals surface area contributed by atoms with Crippen molar-refractivity contribution in [1.82, 2.24) is 14.2 Å². The fraction of sp³-hybridized carbons (Fsp3) is 0.417. The highest BCUT2D eigenvalue weighted by molar-refractivity contribution is 7.89. The molecule has 2 rings (SSSR count). The number of nitriles is 2. The minimum atomic E-state index is -3.57. The highest BCUT2D eigenvalue weighted by Crippen LogP contribution is 2.16. The number of sulfonamides is 1. The fourth-order valence-electron chi connectivity index (χ4n) is 1.98. The van der Waals surface area contributed by atoms with Gasteiger partial charge in [-0.05, 0) is 12.1 Å². The van der Waals surface area contributed by atoms with Crippen molar-refractivity contribution in [2.75, 3.05) is 32.7 Å². The number of nitrogens with zero attached hydrogens (tertiary/aromatic N) is 5. The third-order valence-corrected chi connectivity index (χ3v) is 5.00. The maximum absolute atomic E-state index is 12.4. The van der Waals surface area contributed by atoms with Crippen molar-refractivity contribution < 1.29 is 8.42 Å². The Morgan fingerprint density at radius 2 is 1.90 bits per heavy atom. The molecule has 1 aliphatic rings. The van der Waals surface area contributed by atoms with E-state index >= 15 is 0 Å². The van der Waals surface area contributed by atoms with Gasteiger partial charge in [0, 0.05) is 32.4 Å². The number of piperazine rings is 1. The normalized spacial score (nSPS) is 17.3. The van der Waals surface area contributed by atoms with Gasteiger partial charge in [-0.25, -0.2) is 13.4 Å². The molecule has 0 unspecified atom stereocenters. The first kappa shape index (κ1) is 14.4. The number of aromatic nitrogens is 1. The molecular weight excluding hydrogens is 278 g/mol. The molecule has 0 saturated carbocycles. The Labute approximate surface area is 117 Å². The Kier molecular flexibility index (Phi) is 4.30. The summed E-state index contributed by atoms with van der Waals surface area (Å²) in [5.41, 5.74) is 0.183. The van der Waals surface area contributed by atoms with Crippen molar-refractivity contribution in [3.8, 4) is 12.1 Å². The molecule has 1 aromatic heterocycles. The summed E-state index contributed by atoms with van der Waals surface area (Å²) in [6, 6.07) is 6.68. The van der Waals surface area contributed by atoms with E-state index in [-0.39, 0.29) is 10.6 Å². The first-order valence-corrected chi connectivity index (χ1v) is 7.47. The molecule has 0 spiro atoms. The second-order valence-electron chi connectivity index (χ2n) is 4.33. The third kappa shape index (κ3) is 2.94. The molecule has 0 radical (unpaired) electrons. The Hall–Kier alpha value is -2.00. The summed E-state index contributed by atoms with van der Waals surface area (Å²) in [5.74, 6) is 0. The zero-order valence-corrected chi connectivity index (χ0v) is 11.5. The van der Waals surface area contributed by atoms with Gasteiger partial charge in [0.25, 0.3) is 0 Å². The summed E-state index contributed by atoms with van der Waals surface area (Å²) in [6.45, 7) is 2.09. The lowest BCUT2D eigenvalue weighted by molar-refractivity contribution is 0.206. The Bertz CT molecular complexity index is 649. The molecule has 2 heterocycles. The first-order chi connectivity index (χ1) is 9.57. The molecule has 20 heavy (non-hydrogen) atoms. The van der Waals surface area contributed by atoms with Gasteiger partial charge in [0.2, 0.25) is 10.0 Å². The third-order valence-electron chi connectivity index (χ3n) is 3.11. The average Bonchev–Trinajstić information content (AvgIpc) is 2.48. The molecular formula is C12H13N5O2S. The summed E-state index contributed by atoms with van der Waals surface area (Å²) < 4.78 is 26.1. The van der Waals surface area contributed by atoms with Crippen LogP contribution in [0.3, 0.4) is 0 Å². The summed E-state index contributed by atoms with van der Waals surface area (Å²) in [5, 5.41) is 17.3. The van der Waals surface area contributed by atoms with Crippen molar-refractivity contribution in [1.29, 1.82) is 10.5 Å². The Balaban J connectivity index is 2.12. The van der Waals surface area contributed by atoms with Crippen molar-refractivity contribution >= 4 is 10.0 Å². The van der Waals surface area contributed by atoms with E-state index in [1.54, 1.807) is 0 Å². The van der Waals surface area contributed by atoms with E-state index in [0.717, 1.165) is 0 Å². The summed E-state index contributed by atoms with van der Waals surface area (Å²) in [4.78, 5) is 5.78. The maximum Gasteiger partial charge on any atom is 0.244 e. The average molecular weight is 291 g/mol. The van der Waals surface area contributed by atoms with Crippen LogP contribution in [0.25, 0.3) is 0 Å². The van der Waals surface area contributed by atoms with Gasteiger partial charge in [0.1, 0.15) is 16.7 Å². The summed E-state index contributed by atoms with van der Waals surface area (Å²) >= 11 is 0. The van der Waals surface area contributed by atoms with Gasteiger partial charge in [-0.2, -0.15) is 14.8 Å². The number of rotatable bonds is 3. The molecule has 1 fully saturated rings. The molecule has 1 aliphatic heterocycles. The van der Waals surface area contributed by atoms with Gasteiger partial charge in [-0.1, -0.05) is 0 Å². The summed E-state index contributed by atoms with van der Waals surface area (Å²) in [6.07, 6.45) is 1.20. The van der Waals surface area contributed by atoms with Crippen LogP contribution >= 0.6 is 0 Å². The predicted molar refractivity (Wildman–Crippen MR) is 69.8 cm³/mol. The lowest BCUT2D eigenvalue weighted by atomic mass is 10.4. The highest BCUT2D eigenvalue weighted by Gasteiger charge is 2.28. The van der Waals surface area contributed by atoms with Crippen LogP contribution in [0.4, 0.5) is 0 Å². The lowest BCUT2D eigenvalue weighted by Gasteiger charge is -2.32. The predicted octanol–water partition coefficient (Wildman–Crippen LogP) is -0.217. The molecule has 0 amide bonds. The van der Waals surface area contributed by atoms with E-state index in [1.807, 2.05) is 11.0 Å². The molecule has 0 aromatic carbocycles. The van der Waals surface area contributed by atoms with Crippen molar-refractivity contribution in [2.24, 2.45) is 0 Å². The monoisotopic (exact) mass is 291 g/mol. The molecule has 0 N–H and O–H groups in total. The van der Waals surface area contributed by atoms with E-state index in [1.165, 1.54) is 22.6 Å². The number of hydrogen-bond acceptors (Lipinski definition) is 6. The zero-order chi connectivity index (χ0) is 14.6. The number of pyridine rings is 1. The lowest BCUT2D eigenvalue weighted by Crippen LogP contribution is -2.48. The van der Waals surface area contributed by atoms with E-state index in [2.05, 4.69) is 11.1 Å². The van der Waals surface area contributed by atoms with Crippen LogP contribution < -0.4 is 0 Å². The zero-order valence-electron chi connectivity index (χ0n) is 10.7. The molecule has 1 aromatic rings. The number of hydrogen-bond donors (Lipinski definition) is 0. The van der Waals surface area contributed by atoms with E-state index in [4.69, 9.17) is 10.5 Å². The maximum atomic E-state index is 12.4. The van der Waals surface area contributed by atoms with Crippen LogP contribution in [0.5, 0.6) is 0 Å². The largest absolute Gasteiger partial charge is 0.288 e. The van der Waals surface area contributed by atoms with Gasteiger partial charge >= 0.3 is 0 Å². The molecule has 0 atom stereocenters. The van der Waals surface area contributed by atoms with Crippen molar-refractivity contribution in [3.63, 3.8) is 0 Å². The van der Waals surface area contributed by atoms with Crippen LogP contribution in [0.15, 0.2) is 23.2 Å². The second-order valence-corrected chi connectivity index (χ2v) is 6.27. The van der Waals surface area contributed by atoms with Crippen molar-refractivity contribution in [2.45, 2.75) is 4.90 Å². The standard InChI is InChI=1S/C12H13N5O2S/c13-3-4-16-5-7-17(8-6-16)20(18,19)12-2-1-11(9-14)15-10-12/h1-2,10H,4-8H2. The van der Waals surface area contributed by atoms with Crippen LogP contribution in [-0.2, 0) is 10.0 Å². The van der Waals surface area contributed by atoms with E-state index in [0.29, 0.717) is 32.7 Å².